The van der Waals surface area contributed by atoms with Gasteiger partial charge >= 0.3 is 0 Å². The first kappa shape index (κ1) is 11.7. The highest BCUT2D eigenvalue weighted by molar-refractivity contribution is 9.11. The van der Waals surface area contributed by atoms with Crippen LogP contribution in [0.1, 0.15) is 24.0 Å². The van der Waals surface area contributed by atoms with Crippen molar-refractivity contribution in [3.05, 3.63) is 63.6 Å². The maximum Gasteiger partial charge on any atom is 0.126 e. The van der Waals surface area contributed by atoms with Gasteiger partial charge in [-0.3, -0.25) is 0 Å². The molecular formula is C15H12BrFO. The van der Waals surface area contributed by atoms with E-state index in [4.69, 9.17) is 4.74 Å². The Hall–Kier alpha value is -1.35. The van der Waals surface area contributed by atoms with E-state index in [1.165, 1.54) is 6.08 Å². The van der Waals surface area contributed by atoms with Gasteiger partial charge in [-0.25, -0.2) is 4.39 Å². The van der Waals surface area contributed by atoms with E-state index in [1.54, 1.807) is 0 Å². The fraction of sp³-hybridized carbons (Fsp3) is 0.200. The van der Waals surface area contributed by atoms with E-state index in [2.05, 4.69) is 22.0 Å². The second-order valence-corrected chi connectivity index (χ2v) is 4.86. The SMILES string of the molecule is FC1=CC2=C(CC1)/C(=C/Br)c1ccccc1CO2. The Kier molecular flexibility index (Phi) is 3.08. The number of hydrogen-bond acceptors (Lipinski definition) is 1. The third kappa shape index (κ3) is 1.93. The van der Waals surface area contributed by atoms with Crippen LogP contribution >= 0.6 is 15.9 Å². The first-order chi connectivity index (χ1) is 8.79. The zero-order valence-corrected chi connectivity index (χ0v) is 11.3. The summed E-state index contributed by atoms with van der Waals surface area (Å²) in [5.74, 6) is 0.564. The van der Waals surface area contributed by atoms with Gasteiger partial charge in [0, 0.05) is 18.1 Å². The van der Waals surface area contributed by atoms with Gasteiger partial charge in [0.05, 0.1) is 0 Å². The molecule has 0 unspecified atom stereocenters. The van der Waals surface area contributed by atoms with Crippen LogP contribution in [0.2, 0.25) is 0 Å². The number of fused-ring (bicyclic) bond motifs is 1. The van der Waals surface area contributed by atoms with E-state index >= 15 is 0 Å². The maximum atomic E-state index is 13.4. The lowest BCUT2D eigenvalue weighted by molar-refractivity contribution is 0.207. The van der Waals surface area contributed by atoms with Crippen LogP contribution in [-0.2, 0) is 11.3 Å². The first-order valence-corrected chi connectivity index (χ1v) is 6.82. The summed E-state index contributed by atoms with van der Waals surface area (Å²) in [6.07, 6.45) is 2.65. The molecule has 1 nitrogen and oxygen atoms in total. The summed E-state index contributed by atoms with van der Waals surface area (Å²) in [5, 5.41) is 0. The fourth-order valence-electron chi connectivity index (χ4n) is 2.42. The van der Waals surface area contributed by atoms with Crippen LogP contribution in [0.15, 0.2) is 52.5 Å². The summed E-state index contributed by atoms with van der Waals surface area (Å²) >= 11 is 3.43. The van der Waals surface area contributed by atoms with Gasteiger partial charge in [0.15, 0.2) is 0 Å². The quantitative estimate of drug-likeness (QED) is 0.665. The molecule has 1 heterocycles. The topological polar surface area (TPSA) is 9.23 Å². The van der Waals surface area contributed by atoms with Crippen LogP contribution in [0.5, 0.6) is 0 Å². The van der Waals surface area contributed by atoms with E-state index in [0.29, 0.717) is 25.2 Å². The Bertz CT molecular complexity index is 584. The molecule has 18 heavy (non-hydrogen) atoms. The first-order valence-electron chi connectivity index (χ1n) is 5.90. The van der Waals surface area contributed by atoms with Crippen molar-refractivity contribution in [2.75, 3.05) is 0 Å². The lowest BCUT2D eigenvalue weighted by Gasteiger charge is -2.16. The number of hydrogen-bond donors (Lipinski definition) is 0. The molecule has 3 rings (SSSR count). The van der Waals surface area contributed by atoms with Crippen LogP contribution in [0.4, 0.5) is 4.39 Å². The van der Waals surface area contributed by atoms with Crippen molar-refractivity contribution in [2.45, 2.75) is 19.4 Å². The summed E-state index contributed by atoms with van der Waals surface area (Å²) in [5.41, 5.74) is 4.47. The van der Waals surface area contributed by atoms with Gasteiger partial charge in [-0.2, -0.15) is 0 Å². The third-order valence-electron chi connectivity index (χ3n) is 3.32. The van der Waals surface area contributed by atoms with E-state index in [-0.39, 0.29) is 5.83 Å². The van der Waals surface area contributed by atoms with Gasteiger partial charge in [0.25, 0.3) is 0 Å². The van der Waals surface area contributed by atoms with Crippen LogP contribution in [0.25, 0.3) is 5.57 Å². The minimum absolute atomic E-state index is 0.103. The smallest absolute Gasteiger partial charge is 0.126 e. The largest absolute Gasteiger partial charge is 0.488 e. The number of rotatable bonds is 0. The van der Waals surface area contributed by atoms with E-state index in [9.17, 15) is 4.39 Å². The van der Waals surface area contributed by atoms with Crippen molar-refractivity contribution in [2.24, 2.45) is 0 Å². The molecule has 0 spiro atoms. The monoisotopic (exact) mass is 306 g/mol. The zero-order chi connectivity index (χ0) is 12.5. The lowest BCUT2D eigenvalue weighted by Crippen LogP contribution is -1.99. The molecule has 0 N–H and O–H groups in total. The lowest BCUT2D eigenvalue weighted by atomic mass is 9.90. The second kappa shape index (κ2) is 4.73. The minimum Gasteiger partial charge on any atom is -0.488 e. The molecular weight excluding hydrogens is 295 g/mol. The molecule has 92 valence electrons. The Balaban J connectivity index is 2.17. The normalized spacial score (nSPS) is 20.8. The number of benzene rings is 1. The van der Waals surface area contributed by atoms with Gasteiger partial charge in [-0.1, -0.05) is 40.2 Å². The highest BCUT2D eigenvalue weighted by Crippen LogP contribution is 2.39. The minimum atomic E-state index is -0.103. The predicted molar refractivity (Wildman–Crippen MR) is 73.6 cm³/mol. The Morgan fingerprint density at radius 3 is 2.89 bits per heavy atom. The molecule has 2 aliphatic rings. The van der Waals surface area contributed by atoms with Crippen LogP contribution in [0.3, 0.4) is 0 Å². The van der Waals surface area contributed by atoms with Gasteiger partial charge in [0.1, 0.15) is 18.2 Å². The standard InChI is InChI=1S/C15H12BrFO/c16-8-14-12-4-2-1-3-10(12)9-18-15-7-11(17)5-6-13(14)15/h1-4,7-8H,5-6,9H2/b14-8+. The average Bonchev–Trinajstić information content (AvgIpc) is 2.55. The summed E-state index contributed by atoms with van der Waals surface area (Å²) in [4.78, 5) is 1.91. The van der Waals surface area contributed by atoms with Gasteiger partial charge in [0.2, 0.25) is 0 Å². The molecule has 1 aliphatic carbocycles. The van der Waals surface area contributed by atoms with Crippen molar-refractivity contribution in [3.8, 4) is 0 Å². The Morgan fingerprint density at radius 2 is 2.06 bits per heavy atom. The van der Waals surface area contributed by atoms with E-state index in [1.807, 2.05) is 23.2 Å². The predicted octanol–water partition coefficient (Wildman–Crippen LogP) is 4.85. The van der Waals surface area contributed by atoms with Gasteiger partial charge < -0.3 is 4.74 Å². The molecule has 1 aromatic carbocycles. The molecule has 0 fully saturated rings. The molecule has 0 radical (unpaired) electrons. The highest BCUT2D eigenvalue weighted by Gasteiger charge is 2.23. The Morgan fingerprint density at radius 1 is 1.22 bits per heavy atom. The van der Waals surface area contributed by atoms with Gasteiger partial charge in [-0.15, -0.1) is 0 Å². The van der Waals surface area contributed by atoms with E-state index < -0.39 is 0 Å². The van der Waals surface area contributed by atoms with E-state index in [0.717, 1.165) is 22.3 Å². The van der Waals surface area contributed by atoms with Crippen molar-refractivity contribution < 1.29 is 9.13 Å². The van der Waals surface area contributed by atoms with Crippen LogP contribution in [-0.4, -0.2) is 0 Å². The number of allylic oxidation sites excluding steroid dienone is 4. The molecule has 3 heteroatoms. The highest BCUT2D eigenvalue weighted by atomic mass is 79.9. The second-order valence-electron chi connectivity index (χ2n) is 4.40. The molecule has 1 aliphatic heterocycles. The molecule has 0 atom stereocenters. The molecule has 1 aromatic rings. The summed E-state index contributed by atoms with van der Waals surface area (Å²) < 4.78 is 19.1. The van der Waals surface area contributed by atoms with Crippen molar-refractivity contribution >= 4 is 21.5 Å². The fourth-order valence-corrected chi connectivity index (χ4v) is 2.94. The third-order valence-corrected chi connectivity index (χ3v) is 3.78. The summed E-state index contributed by atoms with van der Waals surface area (Å²) in [6.45, 7) is 0.489. The Labute approximate surface area is 114 Å². The number of ether oxygens (including phenoxy) is 1. The molecule has 0 aromatic heterocycles. The molecule has 0 bridgehead atoms. The van der Waals surface area contributed by atoms with Crippen molar-refractivity contribution in [1.29, 1.82) is 0 Å². The zero-order valence-electron chi connectivity index (χ0n) is 9.75. The van der Waals surface area contributed by atoms with Crippen LogP contribution in [0, 0.1) is 0 Å². The van der Waals surface area contributed by atoms with Gasteiger partial charge in [-0.05, 0) is 28.1 Å². The van der Waals surface area contributed by atoms with Crippen molar-refractivity contribution in [1.82, 2.24) is 0 Å². The van der Waals surface area contributed by atoms with Crippen molar-refractivity contribution in [3.63, 3.8) is 0 Å². The molecule has 0 saturated heterocycles. The molecule has 0 saturated carbocycles. The summed E-state index contributed by atoms with van der Waals surface area (Å²) in [7, 11) is 0. The average molecular weight is 307 g/mol. The van der Waals surface area contributed by atoms with Crippen LogP contribution < -0.4 is 0 Å². The molecule has 0 amide bonds. The summed E-state index contributed by atoms with van der Waals surface area (Å²) in [6, 6.07) is 8.13. The maximum absolute atomic E-state index is 13.4. The number of halogens is 2.